The molecule has 0 aliphatic heterocycles. The number of benzene rings is 1. The molecule has 0 saturated carbocycles. The lowest BCUT2D eigenvalue weighted by Crippen LogP contribution is -2.16. The average Bonchev–Trinajstić information content (AvgIpc) is 3.52. The Kier molecular flexibility index (Phi) is 6.02. The van der Waals surface area contributed by atoms with Gasteiger partial charge in [-0.1, -0.05) is 0 Å². The number of ether oxygens (including phenoxy) is 3. The van der Waals surface area contributed by atoms with E-state index in [0.717, 1.165) is 0 Å². The maximum atomic E-state index is 12.8. The van der Waals surface area contributed by atoms with Gasteiger partial charge in [-0.3, -0.25) is 4.79 Å². The minimum atomic E-state index is -0.283. The summed E-state index contributed by atoms with van der Waals surface area (Å²) in [4.78, 5) is 21.7. The maximum absolute atomic E-state index is 12.8. The highest BCUT2D eigenvalue weighted by atomic mass is 16.5. The van der Waals surface area contributed by atoms with E-state index < -0.39 is 0 Å². The summed E-state index contributed by atoms with van der Waals surface area (Å²) >= 11 is 0. The number of aromatic nitrogens is 4. The number of hydrogen-bond acceptors (Lipinski definition) is 8. The van der Waals surface area contributed by atoms with Crippen LogP contribution in [0.15, 0.2) is 59.5 Å². The molecule has 0 aliphatic carbocycles. The second-order valence-corrected chi connectivity index (χ2v) is 6.62. The van der Waals surface area contributed by atoms with Crippen LogP contribution in [0.3, 0.4) is 0 Å². The van der Waals surface area contributed by atoms with Crippen molar-refractivity contribution < 1.29 is 23.4 Å². The Balaban J connectivity index is 1.61. The lowest BCUT2D eigenvalue weighted by molar-refractivity contribution is -0.115. The predicted octanol–water partition coefficient (Wildman–Crippen LogP) is 3.13. The Hall–Kier alpha value is -4.34. The Bertz CT molecular complexity index is 1130. The number of carbonyl (C=O) groups is 1. The highest BCUT2D eigenvalue weighted by Gasteiger charge is 2.16. The molecule has 32 heavy (non-hydrogen) atoms. The quantitative estimate of drug-likeness (QED) is 0.449. The van der Waals surface area contributed by atoms with Crippen molar-refractivity contribution in [2.45, 2.75) is 6.42 Å². The lowest BCUT2D eigenvalue weighted by Gasteiger charge is -2.14. The third-order valence-electron chi connectivity index (χ3n) is 4.55. The highest BCUT2D eigenvalue weighted by Crippen LogP contribution is 2.38. The Labute approximate surface area is 183 Å². The number of rotatable bonds is 8. The topological polar surface area (TPSA) is 114 Å². The van der Waals surface area contributed by atoms with E-state index in [2.05, 4.69) is 20.4 Å². The maximum Gasteiger partial charge on any atom is 0.229 e. The zero-order valence-corrected chi connectivity index (χ0v) is 17.7. The Morgan fingerprint density at radius 2 is 1.84 bits per heavy atom. The van der Waals surface area contributed by atoms with Gasteiger partial charge in [0.1, 0.15) is 5.82 Å². The Morgan fingerprint density at radius 3 is 2.44 bits per heavy atom. The van der Waals surface area contributed by atoms with E-state index in [9.17, 15) is 4.79 Å². The number of amides is 1. The van der Waals surface area contributed by atoms with Gasteiger partial charge in [-0.25, -0.2) is 14.6 Å². The van der Waals surface area contributed by atoms with E-state index in [0.29, 0.717) is 46.0 Å². The summed E-state index contributed by atoms with van der Waals surface area (Å²) in [5.74, 6) is 2.71. The fraction of sp³-hybridized carbons (Fsp3) is 0.182. The van der Waals surface area contributed by atoms with Crippen LogP contribution in [0.4, 0.5) is 5.82 Å². The third kappa shape index (κ3) is 4.38. The van der Waals surface area contributed by atoms with Crippen LogP contribution in [0, 0.1) is 0 Å². The van der Waals surface area contributed by atoms with Crippen molar-refractivity contribution in [2.75, 3.05) is 26.6 Å². The van der Waals surface area contributed by atoms with Crippen LogP contribution in [0.25, 0.3) is 17.4 Å². The fourth-order valence-electron chi connectivity index (χ4n) is 3.15. The van der Waals surface area contributed by atoms with Gasteiger partial charge in [0, 0.05) is 18.5 Å². The van der Waals surface area contributed by atoms with E-state index in [1.807, 2.05) is 0 Å². The van der Waals surface area contributed by atoms with Crippen molar-refractivity contribution in [2.24, 2.45) is 0 Å². The van der Waals surface area contributed by atoms with Crippen molar-refractivity contribution in [1.29, 1.82) is 0 Å². The van der Waals surface area contributed by atoms with Gasteiger partial charge in [0.2, 0.25) is 11.7 Å². The normalized spacial score (nSPS) is 10.6. The smallest absolute Gasteiger partial charge is 0.229 e. The van der Waals surface area contributed by atoms with E-state index in [4.69, 9.17) is 18.6 Å². The molecule has 0 bridgehead atoms. The molecule has 3 aromatic heterocycles. The largest absolute Gasteiger partial charge is 0.493 e. The van der Waals surface area contributed by atoms with Crippen LogP contribution in [-0.4, -0.2) is 47.0 Å². The van der Waals surface area contributed by atoms with Gasteiger partial charge in [0.15, 0.2) is 28.9 Å². The van der Waals surface area contributed by atoms with E-state index >= 15 is 0 Å². The molecule has 0 spiro atoms. The molecule has 1 N–H and O–H groups in total. The van der Waals surface area contributed by atoms with Gasteiger partial charge in [-0.2, -0.15) is 5.10 Å². The monoisotopic (exact) mass is 435 g/mol. The standard InChI is InChI=1S/C22H21N5O5/c1-29-16-10-14(11-17(30-2)21(16)31-3)12-20(28)24-18-13-19(27-8-5-7-23-27)26-22(25-18)15-6-4-9-32-15/h4-11,13H,12H2,1-3H3,(H,24,25,26,28). The van der Waals surface area contributed by atoms with E-state index in [-0.39, 0.29) is 12.3 Å². The minimum absolute atomic E-state index is 0.0634. The summed E-state index contributed by atoms with van der Waals surface area (Å²) < 4.78 is 23.0. The number of methoxy groups -OCH3 is 3. The molecule has 164 valence electrons. The number of nitrogens with zero attached hydrogens (tertiary/aromatic N) is 4. The Morgan fingerprint density at radius 1 is 1.06 bits per heavy atom. The van der Waals surface area contributed by atoms with Crippen molar-refractivity contribution >= 4 is 11.7 Å². The van der Waals surface area contributed by atoms with Crippen molar-refractivity contribution in [3.05, 3.63) is 60.6 Å². The molecular formula is C22H21N5O5. The number of anilines is 1. The summed E-state index contributed by atoms with van der Waals surface area (Å²) in [6.45, 7) is 0. The van der Waals surface area contributed by atoms with Crippen molar-refractivity contribution in [1.82, 2.24) is 19.7 Å². The zero-order chi connectivity index (χ0) is 22.5. The van der Waals surface area contributed by atoms with Crippen molar-refractivity contribution in [3.63, 3.8) is 0 Å². The van der Waals surface area contributed by atoms with Gasteiger partial charge in [0.25, 0.3) is 0 Å². The second-order valence-electron chi connectivity index (χ2n) is 6.62. The van der Waals surface area contributed by atoms with Gasteiger partial charge >= 0.3 is 0 Å². The number of hydrogen-bond donors (Lipinski definition) is 1. The van der Waals surface area contributed by atoms with Crippen LogP contribution in [0.2, 0.25) is 0 Å². The summed E-state index contributed by atoms with van der Waals surface area (Å²) in [6.07, 6.45) is 4.98. The van der Waals surface area contributed by atoms with E-state index in [1.165, 1.54) is 27.6 Å². The molecule has 0 unspecified atom stereocenters. The van der Waals surface area contributed by atoms with Crippen LogP contribution in [0.5, 0.6) is 17.2 Å². The SMILES string of the molecule is COc1cc(CC(=O)Nc2cc(-n3cccn3)nc(-c3ccco3)n2)cc(OC)c1OC. The molecule has 4 aromatic rings. The fourth-order valence-corrected chi connectivity index (χ4v) is 3.15. The molecule has 10 heteroatoms. The van der Waals surface area contributed by atoms with Gasteiger partial charge in [0.05, 0.1) is 34.0 Å². The lowest BCUT2D eigenvalue weighted by atomic mass is 10.1. The third-order valence-corrected chi connectivity index (χ3v) is 4.55. The predicted molar refractivity (Wildman–Crippen MR) is 115 cm³/mol. The molecule has 0 saturated heterocycles. The van der Waals surface area contributed by atoms with Gasteiger partial charge < -0.3 is 23.9 Å². The molecule has 0 fully saturated rings. The van der Waals surface area contributed by atoms with E-state index in [1.54, 1.807) is 53.5 Å². The van der Waals surface area contributed by atoms with Crippen LogP contribution >= 0.6 is 0 Å². The van der Waals surface area contributed by atoms with Crippen molar-refractivity contribution in [3.8, 4) is 34.7 Å². The number of furan rings is 1. The van der Waals surface area contributed by atoms with Crippen LogP contribution in [-0.2, 0) is 11.2 Å². The number of nitrogens with one attached hydrogen (secondary N) is 1. The molecule has 0 radical (unpaired) electrons. The average molecular weight is 435 g/mol. The number of carbonyl (C=O) groups excluding carboxylic acids is 1. The van der Waals surface area contributed by atoms with Gasteiger partial charge in [-0.05, 0) is 35.9 Å². The zero-order valence-electron chi connectivity index (χ0n) is 17.7. The molecule has 0 aliphatic rings. The molecule has 0 atom stereocenters. The molecule has 3 heterocycles. The first-order chi connectivity index (χ1) is 15.6. The first kappa shape index (κ1) is 20.9. The van der Waals surface area contributed by atoms with Crippen LogP contribution in [0.1, 0.15) is 5.56 Å². The summed E-state index contributed by atoms with van der Waals surface area (Å²) in [5, 5.41) is 7.01. The van der Waals surface area contributed by atoms with Gasteiger partial charge in [-0.15, -0.1) is 0 Å². The van der Waals surface area contributed by atoms with Crippen LogP contribution < -0.4 is 19.5 Å². The molecular weight excluding hydrogens is 414 g/mol. The highest BCUT2D eigenvalue weighted by molar-refractivity contribution is 5.92. The molecule has 1 aromatic carbocycles. The summed E-state index contributed by atoms with van der Waals surface area (Å²) in [6, 6.07) is 10.3. The molecule has 4 rings (SSSR count). The molecule has 1 amide bonds. The second kappa shape index (κ2) is 9.21. The summed E-state index contributed by atoms with van der Waals surface area (Å²) in [7, 11) is 4.57. The first-order valence-corrected chi connectivity index (χ1v) is 9.63. The first-order valence-electron chi connectivity index (χ1n) is 9.63. The summed E-state index contributed by atoms with van der Waals surface area (Å²) in [5.41, 5.74) is 0.685. The minimum Gasteiger partial charge on any atom is -0.493 e. The molecule has 10 nitrogen and oxygen atoms in total.